The zero-order chi connectivity index (χ0) is 16.5. The lowest BCUT2D eigenvalue weighted by molar-refractivity contribution is 0.291. The van der Waals surface area contributed by atoms with E-state index in [0.29, 0.717) is 5.82 Å². The van der Waals surface area contributed by atoms with E-state index in [-0.39, 0.29) is 0 Å². The quantitative estimate of drug-likeness (QED) is 0.793. The first-order valence-electron chi connectivity index (χ1n) is 8.09. The first kappa shape index (κ1) is 15.4. The second kappa shape index (κ2) is 6.37. The number of aromatic nitrogens is 2. The summed E-state index contributed by atoms with van der Waals surface area (Å²) >= 11 is 0. The third-order valence-electron chi connectivity index (χ3n) is 4.44. The Bertz CT molecular complexity index is 878. The van der Waals surface area contributed by atoms with Gasteiger partial charge in [-0.1, -0.05) is 30.3 Å². The van der Waals surface area contributed by atoms with Crippen molar-refractivity contribution in [1.82, 2.24) is 14.3 Å². The number of pyridine rings is 1. The maximum atomic E-state index is 11.4. The first-order chi connectivity index (χ1) is 11.7. The van der Waals surface area contributed by atoms with Crippen molar-refractivity contribution in [2.24, 2.45) is 0 Å². The summed E-state index contributed by atoms with van der Waals surface area (Å²) in [6.45, 7) is 2.75. The van der Waals surface area contributed by atoms with Gasteiger partial charge in [-0.3, -0.25) is 13.5 Å². The summed E-state index contributed by atoms with van der Waals surface area (Å²) in [7, 11) is -0.620. The third-order valence-corrected chi connectivity index (χ3v) is 5.71. The highest BCUT2D eigenvalue weighted by Gasteiger charge is 2.15. The summed E-state index contributed by atoms with van der Waals surface area (Å²) in [6.07, 6.45) is 1.85. The Kier molecular flexibility index (Phi) is 4.08. The van der Waals surface area contributed by atoms with E-state index in [1.165, 1.54) is 5.56 Å². The van der Waals surface area contributed by atoms with Gasteiger partial charge in [0.1, 0.15) is 11.5 Å². The Balaban J connectivity index is 1.56. The average molecular weight is 340 g/mol. The van der Waals surface area contributed by atoms with Crippen LogP contribution >= 0.6 is 0 Å². The number of benzene rings is 1. The largest absolute Gasteiger partial charge is 0.382 e. The standard InChI is InChI=1S/C18H20N4OS/c19-17-13-22-16(2-1-3-18(22)20-17)15-6-4-14(5-7-15)12-21-8-10-24(23)11-9-21/h1-7,13H,8-12,19H2. The van der Waals surface area contributed by atoms with Crippen molar-refractivity contribution in [1.29, 1.82) is 0 Å². The van der Waals surface area contributed by atoms with Gasteiger partial charge in [0.15, 0.2) is 0 Å². The summed E-state index contributed by atoms with van der Waals surface area (Å²) in [6, 6.07) is 14.6. The van der Waals surface area contributed by atoms with Crippen LogP contribution in [0.1, 0.15) is 5.56 Å². The van der Waals surface area contributed by atoms with Crippen LogP contribution in [0.2, 0.25) is 0 Å². The molecular weight excluding hydrogens is 320 g/mol. The van der Waals surface area contributed by atoms with Gasteiger partial charge in [-0.05, 0) is 23.3 Å². The highest BCUT2D eigenvalue weighted by atomic mass is 32.2. The first-order valence-corrected chi connectivity index (χ1v) is 9.58. The van der Waals surface area contributed by atoms with Crippen LogP contribution in [0.3, 0.4) is 0 Å². The Morgan fingerprint density at radius 1 is 1.08 bits per heavy atom. The zero-order valence-electron chi connectivity index (χ0n) is 13.4. The number of anilines is 1. The van der Waals surface area contributed by atoms with Crippen molar-refractivity contribution in [2.45, 2.75) is 6.54 Å². The average Bonchev–Trinajstić information content (AvgIpc) is 2.98. The molecule has 1 saturated heterocycles. The van der Waals surface area contributed by atoms with Gasteiger partial charge in [-0.25, -0.2) is 4.98 Å². The molecule has 4 rings (SSSR count). The Morgan fingerprint density at radius 3 is 2.58 bits per heavy atom. The van der Waals surface area contributed by atoms with Gasteiger partial charge in [-0.15, -0.1) is 0 Å². The van der Waals surface area contributed by atoms with Crippen molar-refractivity contribution in [3.8, 4) is 11.3 Å². The van der Waals surface area contributed by atoms with Gasteiger partial charge in [0, 0.05) is 41.9 Å². The SMILES string of the molecule is Nc1cn2c(-c3ccc(CN4CCS(=O)CC4)cc3)cccc2n1. The van der Waals surface area contributed by atoms with Crippen LogP contribution in [0, 0.1) is 0 Å². The van der Waals surface area contributed by atoms with Crippen LogP contribution < -0.4 is 5.73 Å². The maximum absolute atomic E-state index is 11.4. The number of hydrogen-bond donors (Lipinski definition) is 1. The Hall–Kier alpha value is -2.18. The third kappa shape index (κ3) is 3.07. The molecule has 0 saturated carbocycles. The topological polar surface area (TPSA) is 63.6 Å². The summed E-state index contributed by atoms with van der Waals surface area (Å²) in [5.74, 6) is 2.12. The van der Waals surface area contributed by atoms with Crippen LogP contribution in [-0.2, 0) is 17.3 Å². The van der Waals surface area contributed by atoms with Crippen molar-refractivity contribution in [2.75, 3.05) is 30.3 Å². The molecule has 2 N–H and O–H groups in total. The van der Waals surface area contributed by atoms with E-state index >= 15 is 0 Å². The summed E-state index contributed by atoms with van der Waals surface area (Å²) in [5, 5.41) is 0. The van der Waals surface area contributed by atoms with Crippen LogP contribution in [0.25, 0.3) is 16.9 Å². The molecule has 0 aliphatic carbocycles. The zero-order valence-corrected chi connectivity index (χ0v) is 14.2. The lowest BCUT2D eigenvalue weighted by Crippen LogP contribution is -2.37. The van der Waals surface area contributed by atoms with Crippen LogP contribution in [0.4, 0.5) is 5.82 Å². The molecule has 1 aliphatic rings. The number of hydrogen-bond acceptors (Lipinski definition) is 4. The van der Waals surface area contributed by atoms with E-state index in [1.807, 2.05) is 22.7 Å². The molecule has 1 fully saturated rings. The van der Waals surface area contributed by atoms with Gasteiger partial charge in [0.05, 0.1) is 11.9 Å². The lowest BCUT2D eigenvalue weighted by atomic mass is 10.1. The minimum absolute atomic E-state index is 0.529. The fraction of sp³-hybridized carbons (Fsp3) is 0.278. The summed E-state index contributed by atoms with van der Waals surface area (Å²) in [5.41, 5.74) is 10.2. The van der Waals surface area contributed by atoms with E-state index in [9.17, 15) is 4.21 Å². The molecule has 3 heterocycles. The van der Waals surface area contributed by atoms with Crippen molar-refractivity contribution in [3.05, 3.63) is 54.2 Å². The van der Waals surface area contributed by atoms with Crippen LogP contribution in [0.15, 0.2) is 48.7 Å². The maximum Gasteiger partial charge on any atom is 0.142 e. The smallest absolute Gasteiger partial charge is 0.142 e. The minimum atomic E-state index is -0.620. The van der Waals surface area contributed by atoms with Gasteiger partial charge in [0.2, 0.25) is 0 Å². The van der Waals surface area contributed by atoms with Gasteiger partial charge >= 0.3 is 0 Å². The van der Waals surface area contributed by atoms with E-state index in [4.69, 9.17) is 5.73 Å². The molecule has 5 nitrogen and oxygen atoms in total. The predicted molar refractivity (Wildman–Crippen MR) is 98.2 cm³/mol. The van der Waals surface area contributed by atoms with Gasteiger partial charge in [0.25, 0.3) is 0 Å². The second-order valence-corrected chi connectivity index (χ2v) is 7.82. The van der Waals surface area contributed by atoms with E-state index < -0.39 is 10.8 Å². The Morgan fingerprint density at radius 2 is 1.83 bits per heavy atom. The number of nitrogen functional groups attached to an aromatic ring is 1. The van der Waals surface area contributed by atoms with Gasteiger partial charge in [-0.2, -0.15) is 0 Å². The van der Waals surface area contributed by atoms with Crippen molar-refractivity contribution >= 4 is 22.3 Å². The van der Waals surface area contributed by atoms with Crippen LogP contribution in [0.5, 0.6) is 0 Å². The lowest BCUT2D eigenvalue weighted by Gasteiger charge is -2.26. The summed E-state index contributed by atoms with van der Waals surface area (Å²) < 4.78 is 13.5. The molecule has 3 aromatic rings. The fourth-order valence-corrected chi connectivity index (χ4v) is 4.27. The van der Waals surface area contributed by atoms with Crippen molar-refractivity contribution < 1.29 is 4.21 Å². The number of fused-ring (bicyclic) bond motifs is 1. The molecule has 124 valence electrons. The highest BCUT2D eigenvalue weighted by Crippen LogP contribution is 2.23. The number of rotatable bonds is 3. The van der Waals surface area contributed by atoms with E-state index in [1.54, 1.807) is 0 Å². The molecule has 0 radical (unpaired) electrons. The molecule has 24 heavy (non-hydrogen) atoms. The number of imidazole rings is 1. The molecule has 0 atom stereocenters. The molecule has 0 amide bonds. The molecule has 1 aliphatic heterocycles. The monoisotopic (exact) mass is 340 g/mol. The number of nitrogens with two attached hydrogens (primary N) is 1. The molecule has 2 aromatic heterocycles. The molecule has 0 bridgehead atoms. The minimum Gasteiger partial charge on any atom is -0.382 e. The molecule has 6 heteroatoms. The molecular formula is C18H20N4OS. The summed E-state index contributed by atoms with van der Waals surface area (Å²) in [4.78, 5) is 6.68. The fourth-order valence-electron chi connectivity index (χ4n) is 3.14. The van der Waals surface area contributed by atoms with E-state index in [2.05, 4.69) is 40.2 Å². The van der Waals surface area contributed by atoms with Gasteiger partial charge < -0.3 is 5.73 Å². The normalized spacial score (nSPS) is 16.7. The van der Waals surface area contributed by atoms with Crippen molar-refractivity contribution in [3.63, 3.8) is 0 Å². The Labute approximate surface area is 143 Å². The predicted octanol–water partition coefficient (Wildman–Crippen LogP) is 2.15. The highest BCUT2D eigenvalue weighted by molar-refractivity contribution is 7.85. The van der Waals surface area contributed by atoms with E-state index in [0.717, 1.165) is 48.0 Å². The van der Waals surface area contributed by atoms with Crippen LogP contribution in [-0.4, -0.2) is 43.1 Å². The number of nitrogens with zero attached hydrogens (tertiary/aromatic N) is 3. The molecule has 0 unspecified atom stereocenters. The molecule has 0 spiro atoms. The second-order valence-electron chi connectivity index (χ2n) is 6.13. The molecule has 1 aromatic carbocycles.